The Kier molecular flexibility index (Phi) is 4.69. The number of anilines is 2. The van der Waals surface area contributed by atoms with Gasteiger partial charge < -0.3 is 5.32 Å². The molecular formula is C12H16ClN5O2S. The topological polar surface area (TPSA) is 88.9 Å². The van der Waals surface area contributed by atoms with Gasteiger partial charge in [0.15, 0.2) is 0 Å². The second-order valence-electron chi connectivity index (χ2n) is 4.37. The molecule has 2 heterocycles. The number of nitrogens with one attached hydrogen (secondary N) is 2. The van der Waals surface area contributed by atoms with E-state index in [1.165, 1.54) is 23.1 Å². The minimum absolute atomic E-state index is 0.00394. The van der Waals surface area contributed by atoms with Gasteiger partial charge >= 0.3 is 0 Å². The van der Waals surface area contributed by atoms with E-state index in [0.29, 0.717) is 18.2 Å². The van der Waals surface area contributed by atoms with E-state index in [-0.39, 0.29) is 9.92 Å². The van der Waals surface area contributed by atoms with Crippen LogP contribution < -0.4 is 10.0 Å². The molecule has 7 nitrogen and oxygen atoms in total. The van der Waals surface area contributed by atoms with E-state index in [9.17, 15) is 8.42 Å². The zero-order valence-corrected chi connectivity index (χ0v) is 13.2. The van der Waals surface area contributed by atoms with Crippen LogP contribution in [0, 0.1) is 0 Å². The first kappa shape index (κ1) is 15.6. The molecule has 0 aliphatic rings. The molecule has 2 aromatic heterocycles. The minimum atomic E-state index is -3.75. The van der Waals surface area contributed by atoms with Gasteiger partial charge in [0.1, 0.15) is 16.5 Å². The lowest BCUT2D eigenvalue weighted by molar-refractivity contribution is 0.600. The molecule has 0 bridgehead atoms. The summed E-state index contributed by atoms with van der Waals surface area (Å²) >= 11 is 6.05. The zero-order valence-electron chi connectivity index (χ0n) is 11.7. The molecule has 2 aromatic rings. The number of sulfonamides is 1. The summed E-state index contributed by atoms with van der Waals surface area (Å²) in [5, 5.41) is 7.18. The van der Waals surface area contributed by atoms with E-state index in [4.69, 9.17) is 11.6 Å². The Bertz CT molecular complexity index is 729. The molecule has 114 valence electrons. The van der Waals surface area contributed by atoms with Gasteiger partial charge in [0.2, 0.25) is 0 Å². The SMILES string of the molecule is CCCNc1ncc(S(=O)(=O)Nc2ccnn2C)cc1Cl. The van der Waals surface area contributed by atoms with Crippen LogP contribution in [0.2, 0.25) is 5.02 Å². The summed E-state index contributed by atoms with van der Waals surface area (Å²) in [6.45, 7) is 2.73. The smallest absolute Gasteiger partial charge is 0.264 e. The maximum atomic E-state index is 12.3. The van der Waals surface area contributed by atoms with Crippen LogP contribution >= 0.6 is 11.6 Å². The van der Waals surface area contributed by atoms with Gasteiger partial charge in [-0.3, -0.25) is 9.40 Å². The van der Waals surface area contributed by atoms with Crippen LogP contribution in [0.5, 0.6) is 0 Å². The van der Waals surface area contributed by atoms with Gasteiger partial charge in [0.05, 0.1) is 11.2 Å². The molecule has 0 atom stereocenters. The number of halogens is 1. The van der Waals surface area contributed by atoms with Gasteiger partial charge in [0, 0.05) is 25.9 Å². The maximum Gasteiger partial charge on any atom is 0.264 e. The van der Waals surface area contributed by atoms with Gasteiger partial charge in [-0.2, -0.15) is 5.10 Å². The predicted molar refractivity (Wildman–Crippen MR) is 82.0 cm³/mol. The van der Waals surface area contributed by atoms with Gasteiger partial charge in [0.25, 0.3) is 10.0 Å². The lowest BCUT2D eigenvalue weighted by Gasteiger charge is -2.10. The van der Waals surface area contributed by atoms with E-state index in [2.05, 4.69) is 20.1 Å². The van der Waals surface area contributed by atoms with Crippen molar-refractivity contribution in [2.75, 3.05) is 16.6 Å². The van der Waals surface area contributed by atoms with Crippen LogP contribution in [0.1, 0.15) is 13.3 Å². The standard InChI is InChI=1S/C12H16ClN5O2S/c1-3-5-14-12-10(13)7-9(8-15-12)21(19,20)17-11-4-6-16-18(11)2/h4,6-8,17H,3,5H2,1-2H3,(H,14,15). The number of aromatic nitrogens is 3. The summed E-state index contributed by atoms with van der Waals surface area (Å²) in [7, 11) is -2.11. The molecule has 2 N–H and O–H groups in total. The molecule has 21 heavy (non-hydrogen) atoms. The number of pyridine rings is 1. The third kappa shape index (κ3) is 3.64. The van der Waals surface area contributed by atoms with E-state index >= 15 is 0 Å². The third-order valence-corrected chi connectivity index (χ3v) is 4.34. The fourth-order valence-electron chi connectivity index (χ4n) is 1.61. The molecule has 0 aliphatic heterocycles. The van der Waals surface area contributed by atoms with Crippen molar-refractivity contribution in [2.45, 2.75) is 18.2 Å². The molecule has 2 rings (SSSR count). The zero-order chi connectivity index (χ0) is 15.5. The van der Waals surface area contributed by atoms with Gasteiger partial charge in [-0.25, -0.2) is 13.4 Å². The lowest BCUT2D eigenvalue weighted by Crippen LogP contribution is -2.16. The van der Waals surface area contributed by atoms with Crippen LogP contribution in [-0.4, -0.2) is 29.7 Å². The fraction of sp³-hybridized carbons (Fsp3) is 0.333. The van der Waals surface area contributed by atoms with Crippen molar-refractivity contribution in [2.24, 2.45) is 7.05 Å². The van der Waals surface area contributed by atoms with Crippen LogP contribution in [0.25, 0.3) is 0 Å². The van der Waals surface area contributed by atoms with Crippen LogP contribution in [0.4, 0.5) is 11.6 Å². The Morgan fingerprint density at radius 2 is 2.19 bits per heavy atom. The van der Waals surface area contributed by atoms with E-state index in [0.717, 1.165) is 6.42 Å². The first-order valence-electron chi connectivity index (χ1n) is 6.34. The highest BCUT2D eigenvalue weighted by Crippen LogP contribution is 2.23. The van der Waals surface area contributed by atoms with Gasteiger partial charge in [-0.05, 0) is 12.5 Å². The molecule has 0 fully saturated rings. The normalized spacial score (nSPS) is 11.4. The summed E-state index contributed by atoms with van der Waals surface area (Å²) < 4.78 is 28.4. The minimum Gasteiger partial charge on any atom is -0.369 e. The second-order valence-corrected chi connectivity index (χ2v) is 6.46. The van der Waals surface area contributed by atoms with Crippen LogP contribution in [0.15, 0.2) is 29.4 Å². The monoisotopic (exact) mass is 329 g/mol. The average Bonchev–Trinajstić information content (AvgIpc) is 2.82. The summed E-state index contributed by atoms with van der Waals surface area (Å²) in [6, 6.07) is 2.93. The fourth-order valence-corrected chi connectivity index (χ4v) is 2.97. The average molecular weight is 330 g/mol. The van der Waals surface area contributed by atoms with Gasteiger partial charge in [-0.1, -0.05) is 18.5 Å². The van der Waals surface area contributed by atoms with E-state index < -0.39 is 10.0 Å². The molecule has 0 aromatic carbocycles. The van der Waals surface area contributed by atoms with Crippen molar-refractivity contribution >= 4 is 33.3 Å². The molecule has 0 unspecified atom stereocenters. The van der Waals surface area contributed by atoms with Crippen molar-refractivity contribution in [1.82, 2.24) is 14.8 Å². The number of hydrogen-bond acceptors (Lipinski definition) is 5. The number of rotatable bonds is 6. The first-order chi connectivity index (χ1) is 9.94. The Morgan fingerprint density at radius 3 is 2.76 bits per heavy atom. The summed E-state index contributed by atoms with van der Waals surface area (Å²) in [4.78, 5) is 4.05. The number of nitrogens with zero attached hydrogens (tertiary/aromatic N) is 3. The Hall–Kier alpha value is -1.80. The predicted octanol–water partition coefficient (Wildman–Crippen LogP) is 2.09. The largest absolute Gasteiger partial charge is 0.369 e. The van der Waals surface area contributed by atoms with Crippen LogP contribution in [-0.2, 0) is 17.1 Å². The first-order valence-corrected chi connectivity index (χ1v) is 8.20. The van der Waals surface area contributed by atoms with Crippen molar-refractivity contribution in [3.8, 4) is 0 Å². The number of hydrogen-bond donors (Lipinski definition) is 2. The molecule has 0 spiro atoms. The summed E-state index contributed by atoms with van der Waals surface area (Å²) in [6.07, 6.45) is 3.68. The van der Waals surface area contributed by atoms with Crippen molar-refractivity contribution in [3.05, 3.63) is 29.5 Å². The summed E-state index contributed by atoms with van der Waals surface area (Å²) in [5.41, 5.74) is 0. The Labute approximate surface area is 128 Å². The Morgan fingerprint density at radius 1 is 1.43 bits per heavy atom. The molecule has 0 amide bonds. The summed E-state index contributed by atoms with van der Waals surface area (Å²) in [5.74, 6) is 0.831. The van der Waals surface area contributed by atoms with Crippen molar-refractivity contribution in [1.29, 1.82) is 0 Å². The maximum absolute atomic E-state index is 12.3. The highest BCUT2D eigenvalue weighted by Gasteiger charge is 2.18. The highest BCUT2D eigenvalue weighted by molar-refractivity contribution is 7.92. The van der Waals surface area contributed by atoms with Crippen LogP contribution in [0.3, 0.4) is 0 Å². The van der Waals surface area contributed by atoms with Gasteiger partial charge in [-0.15, -0.1) is 0 Å². The third-order valence-electron chi connectivity index (χ3n) is 2.73. The molecule has 0 saturated heterocycles. The Balaban J connectivity index is 2.24. The molecule has 0 saturated carbocycles. The highest BCUT2D eigenvalue weighted by atomic mass is 35.5. The lowest BCUT2D eigenvalue weighted by atomic mass is 10.4. The second kappa shape index (κ2) is 6.31. The van der Waals surface area contributed by atoms with E-state index in [1.807, 2.05) is 6.92 Å². The van der Waals surface area contributed by atoms with E-state index in [1.54, 1.807) is 13.1 Å². The van der Waals surface area contributed by atoms with Crippen molar-refractivity contribution in [3.63, 3.8) is 0 Å². The molecular weight excluding hydrogens is 314 g/mol. The molecule has 0 aliphatic carbocycles. The molecule has 0 radical (unpaired) electrons. The quantitative estimate of drug-likeness (QED) is 0.847. The van der Waals surface area contributed by atoms with Crippen molar-refractivity contribution < 1.29 is 8.42 Å². The molecule has 9 heteroatoms. The number of aryl methyl sites for hydroxylation is 1.